The van der Waals surface area contributed by atoms with Gasteiger partial charge in [-0.3, -0.25) is 0 Å². The number of methoxy groups -OCH3 is 2. The van der Waals surface area contributed by atoms with Crippen molar-refractivity contribution in [2.24, 2.45) is 0 Å². The van der Waals surface area contributed by atoms with Gasteiger partial charge in [0.15, 0.2) is 0 Å². The predicted molar refractivity (Wildman–Crippen MR) is 175 cm³/mol. The summed E-state index contributed by atoms with van der Waals surface area (Å²) < 4.78 is 21.1. The fourth-order valence-electron chi connectivity index (χ4n) is 3.45. The van der Waals surface area contributed by atoms with E-state index in [2.05, 4.69) is 10.6 Å². The van der Waals surface area contributed by atoms with Gasteiger partial charge in [-0.15, -0.1) is 0 Å². The molecule has 0 radical (unpaired) electrons. The van der Waals surface area contributed by atoms with Gasteiger partial charge in [-0.2, -0.15) is 0 Å². The largest absolute Gasteiger partial charge is 0.547 e. The molecule has 0 saturated heterocycles. The maximum absolute atomic E-state index is 9.73. The monoisotopic (exact) mass is 682 g/mol. The topological polar surface area (TPSA) is 222 Å². The molecule has 4 atom stereocenters. The molecule has 0 aliphatic heterocycles. The summed E-state index contributed by atoms with van der Waals surface area (Å²) in [6.45, 7) is 11.3. The molecule has 2 aromatic rings. The van der Waals surface area contributed by atoms with Crippen molar-refractivity contribution in [3.05, 3.63) is 59.7 Å². The van der Waals surface area contributed by atoms with Gasteiger partial charge in [-0.1, -0.05) is 52.0 Å². The normalized spacial score (nSPS) is 13.3. The summed E-state index contributed by atoms with van der Waals surface area (Å²) in [5.74, 6) is -2.55. The molecule has 0 amide bonds. The molecule has 0 aliphatic rings. The second-order valence-electron chi connectivity index (χ2n) is 11.4. The maximum atomic E-state index is 9.73. The van der Waals surface area contributed by atoms with Crippen molar-refractivity contribution in [3.63, 3.8) is 0 Å². The lowest BCUT2D eigenvalue weighted by atomic mass is 10.1. The van der Waals surface area contributed by atoms with Crippen molar-refractivity contribution in [1.29, 1.82) is 0 Å². The van der Waals surface area contributed by atoms with Crippen molar-refractivity contribution >= 4 is 11.9 Å². The van der Waals surface area contributed by atoms with Gasteiger partial charge in [0.25, 0.3) is 0 Å². The van der Waals surface area contributed by atoms with Gasteiger partial charge in [-0.05, 0) is 48.2 Å². The summed E-state index contributed by atoms with van der Waals surface area (Å²) in [5.41, 5.74) is 2.44. The van der Waals surface area contributed by atoms with Gasteiger partial charge in [0.05, 0.1) is 25.2 Å². The highest BCUT2D eigenvalue weighted by atomic mass is 16.5. The number of aliphatic hydroxyl groups is 4. The molecule has 0 spiro atoms. The molecule has 4 unspecified atom stereocenters. The van der Waals surface area contributed by atoms with E-state index >= 15 is 0 Å². The Balaban J connectivity index is 0.000000727. The molecule has 0 heterocycles. The van der Waals surface area contributed by atoms with Crippen LogP contribution in [-0.4, -0.2) is 123 Å². The molecule has 274 valence electrons. The van der Waals surface area contributed by atoms with E-state index in [9.17, 15) is 30.0 Å². The van der Waals surface area contributed by atoms with Crippen LogP contribution in [0, 0.1) is 0 Å². The number of carbonyl (C=O) groups excluding carboxylic acids is 2. The Morgan fingerprint density at radius 2 is 0.938 bits per heavy atom. The summed E-state index contributed by atoms with van der Waals surface area (Å²) in [4.78, 5) is 19.3. The van der Waals surface area contributed by atoms with E-state index in [1.165, 1.54) is 11.1 Å². The van der Waals surface area contributed by atoms with Gasteiger partial charge in [0.2, 0.25) is 0 Å². The molecule has 0 bridgehead atoms. The van der Waals surface area contributed by atoms with Crippen LogP contribution in [0.4, 0.5) is 0 Å². The number of nitrogens with one attached hydrogen (secondary N) is 2. The fourth-order valence-corrected chi connectivity index (χ4v) is 3.45. The Morgan fingerprint density at radius 1 is 0.625 bits per heavy atom. The third-order valence-electron chi connectivity index (χ3n) is 6.23. The highest BCUT2D eigenvalue weighted by Crippen LogP contribution is 2.14. The summed E-state index contributed by atoms with van der Waals surface area (Å²) in [7, 11) is 3.40. The van der Waals surface area contributed by atoms with Gasteiger partial charge in [0, 0.05) is 39.4 Å². The van der Waals surface area contributed by atoms with Gasteiger partial charge in [-0.25, -0.2) is 0 Å². The smallest absolute Gasteiger partial charge is 0.124 e. The van der Waals surface area contributed by atoms with E-state index in [1.54, 1.807) is 14.2 Å². The highest BCUT2D eigenvalue weighted by molar-refractivity contribution is 5.80. The van der Waals surface area contributed by atoms with E-state index in [0.717, 1.165) is 37.6 Å². The lowest BCUT2D eigenvalue weighted by Gasteiger charge is -2.18. The number of benzene rings is 2. The van der Waals surface area contributed by atoms with E-state index in [4.69, 9.17) is 29.2 Å². The average Bonchev–Trinajstić information content (AvgIpc) is 3.06. The van der Waals surface area contributed by atoms with Crippen LogP contribution in [-0.2, 0) is 31.9 Å². The van der Waals surface area contributed by atoms with Crippen molar-refractivity contribution in [1.82, 2.24) is 10.6 Å². The number of carbonyl (C=O) groups is 2. The lowest BCUT2D eigenvalue weighted by Crippen LogP contribution is -2.51. The highest BCUT2D eigenvalue weighted by Gasteiger charge is 2.17. The molecule has 0 aromatic heterocycles. The summed E-state index contributed by atoms with van der Waals surface area (Å²) in [5, 5.41) is 61.5. The molecular weight excluding hydrogens is 628 g/mol. The van der Waals surface area contributed by atoms with Crippen LogP contribution in [0.5, 0.6) is 11.5 Å². The van der Waals surface area contributed by atoms with Gasteiger partial charge in [0.1, 0.15) is 49.1 Å². The Hall–Kier alpha value is -3.34. The number of hydrogen-bond donors (Lipinski definition) is 6. The van der Waals surface area contributed by atoms with Crippen LogP contribution in [0.3, 0.4) is 0 Å². The van der Waals surface area contributed by atoms with Crippen LogP contribution < -0.4 is 30.3 Å². The van der Waals surface area contributed by atoms with Gasteiger partial charge < -0.3 is 69.8 Å². The number of carboxylic acid groups (broad SMARTS) is 2. The number of carboxylic acids is 2. The minimum absolute atomic E-state index is 0.303. The first-order valence-corrected chi connectivity index (χ1v) is 15.7. The molecule has 2 rings (SSSR count). The van der Waals surface area contributed by atoms with Crippen molar-refractivity contribution < 1.29 is 59.2 Å². The summed E-state index contributed by atoms with van der Waals surface area (Å²) in [6.07, 6.45) is -4.06. The molecular formula is C34H54N2O12-2. The maximum Gasteiger partial charge on any atom is 0.124 e. The van der Waals surface area contributed by atoms with E-state index in [0.29, 0.717) is 38.4 Å². The predicted octanol–water partition coefficient (Wildman–Crippen LogP) is -1.57. The van der Waals surface area contributed by atoms with Gasteiger partial charge >= 0.3 is 0 Å². The molecule has 6 N–H and O–H groups in total. The number of hydrogen-bond acceptors (Lipinski definition) is 14. The zero-order chi connectivity index (χ0) is 36.5. The zero-order valence-electron chi connectivity index (χ0n) is 28.8. The fraction of sp³-hybridized carbons (Fsp3) is 0.588. The minimum atomic E-state index is -2.44. The Labute approximate surface area is 283 Å². The zero-order valence-corrected chi connectivity index (χ0v) is 28.8. The second-order valence-corrected chi connectivity index (χ2v) is 11.4. The standard InChI is InChI=1S/2C15H25NO3.C4H6O6/c2*1-12(2)16-10-14(17)11-19-15-6-4-13(5-7-15)8-9-18-3;5-1(3(7)8)2(6)4(9)10/h2*4-7,12,14,16-17H,8-11H2,1-3H3;1-2,5-6H,(H,7,8)(H,9,10)/p-2. The van der Waals surface area contributed by atoms with Crippen LogP contribution in [0.15, 0.2) is 48.5 Å². The molecule has 0 fully saturated rings. The number of aliphatic carboxylic acids is 2. The summed E-state index contributed by atoms with van der Waals surface area (Å²) >= 11 is 0. The lowest BCUT2D eigenvalue weighted by molar-refractivity contribution is -0.333. The summed E-state index contributed by atoms with van der Waals surface area (Å²) in [6, 6.07) is 16.5. The van der Waals surface area contributed by atoms with E-state index < -0.39 is 36.4 Å². The van der Waals surface area contributed by atoms with E-state index in [-0.39, 0.29) is 0 Å². The number of ether oxygens (including phenoxy) is 4. The van der Waals surface area contributed by atoms with Crippen molar-refractivity contribution in [2.75, 3.05) is 53.7 Å². The third kappa shape index (κ3) is 23.1. The Bertz CT molecular complexity index is 1010. The first kappa shape index (κ1) is 44.7. The van der Waals surface area contributed by atoms with Crippen molar-refractivity contribution in [2.45, 2.75) is 77.0 Å². The molecule has 14 heteroatoms. The minimum Gasteiger partial charge on any atom is -0.547 e. The van der Waals surface area contributed by atoms with Crippen LogP contribution in [0.2, 0.25) is 0 Å². The number of aliphatic hydroxyl groups excluding tert-OH is 4. The van der Waals surface area contributed by atoms with Crippen LogP contribution in [0.25, 0.3) is 0 Å². The van der Waals surface area contributed by atoms with Crippen LogP contribution in [0.1, 0.15) is 38.8 Å². The molecule has 2 aromatic carbocycles. The van der Waals surface area contributed by atoms with E-state index in [1.807, 2.05) is 76.2 Å². The SMILES string of the molecule is COCCc1ccc(OCC(O)CNC(C)C)cc1.COCCc1ccc(OCC(O)CNC(C)C)cc1.O=C([O-])C(O)C(O)C(=O)[O-]. The Morgan fingerprint density at radius 3 is 1.19 bits per heavy atom. The first-order valence-electron chi connectivity index (χ1n) is 15.7. The average molecular weight is 683 g/mol. The number of rotatable bonds is 21. The Kier molecular flexibility index (Phi) is 24.7. The third-order valence-corrected chi connectivity index (χ3v) is 6.23. The van der Waals surface area contributed by atoms with Crippen molar-refractivity contribution in [3.8, 4) is 11.5 Å². The molecule has 0 aliphatic carbocycles. The first-order chi connectivity index (χ1) is 22.7. The van der Waals surface area contributed by atoms with Crippen LogP contribution >= 0.6 is 0 Å². The molecule has 0 saturated carbocycles. The molecule has 14 nitrogen and oxygen atoms in total. The quantitative estimate of drug-likeness (QED) is 0.0877. The second kappa shape index (κ2) is 26.6. The molecule has 48 heavy (non-hydrogen) atoms.